The van der Waals surface area contributed by atoms with Crippen LogP contribution in [-0.2, 0) is 0 Å². The lowest BCUT2D eigenvalue weighted by atomic mass is 10.1. The molecule has 0 radical (unpaired) electrons. The van der Waals surface area contributed by atoms with E-state index in [1.54, 1.807) is 0 Å². The smallest absolute Gasteiger partial charge is 0.00187 e. The molecule has 0 saturated carbocycles. The average Bonchev–Trinajstić information content (AvgIpc) is 2.50. The quantitative estimate of drug-likeness (QED) is 0.266. The van der Waals surface area contributed by atoms with Gasteiger partial charge in [-0.25, -0.2) is 0 Å². The standard InChI is InChI=1S/C20H43N/c1-4-7-10-13-14-17-20-21(18-15-11-8-5-2)19-16-12-9-6-3/h4-20H2,1-3H3. The van der Waals surface area contributed by atoms with Gasteiger partial charge in [-0.1, -0.05) is 91.4 Å². The molecule has 0 aromatic rings. The molecule has 1 nitrogen and oxygen atoms in total. The molecule has 0 aliphatic rings. The fourth-order valence-electron chi connectivity index (χ4n) is 2.98. The van der Waals surface area contributed by atoms with Crippen LogP contribution in [-0.4, -0.2) is 24.5 Å². The third kappa shape index (κ3) is 16.2. The first-order valence-corrected chi connectivity index (χ1v) is 10.1. The summed E-state index contributed by atoms with van der Waals surface area (Å²) in [7, 11) is 0. The highest BCUT2D eigenvalue weighted by Crippen LogP contribution is 2.09. The van der Waals surface area contributed by atoms with Crippen LogP contribution in [0.1, 0.15) is 111 Å². The largest absolute Gasteiger partial charge is 0.303 e. The van der Waals surface area contributed by atoms with Crippen LogP contribution < -0.4 is 0 Å². The molecular formula is C20H43N. The van der Waals surface area contributed by atoms with Crippen molar-refractivity contribution in [2.45, 2.75) is 111 Å². The zero-order chi connectivity index (χ0) is 15.6. The first kappa shape index (κ1) is 21.0. The van der Waals surface area contributed by atoms with E-state index in [4.69, 9.17) is 0 Å². The molecule has 0 aromatic carbocycles. The van der Waals surface area contributed by atoms with E-state index in [0.717, 1.165) is 0 Å². The monoisotopic (exact) mass is 297 g/mol. The van der Waals surface area contributed by atoms with Gasteiger partial charge in [0.1, 0.15) is 0 Å². The summed E-state index contributed by atoms with van der Waals surface area (Å²) in [4.78, 5) is 2.76. The van der Waals surface area contributed by atoms with Crippen molar-refractivity contribution >= 4 is 0 Å². The van der Waals surface area contributed by atoms with Crippen LogP contribution in [0.3, 0.4) is 0 Å². The lowest BCUT2D eigenvalue weighted by Gasteiger charge is -2.22. The van der Waals surface area contributed by atoms with Crippen molar-refractivity contribution in [3.05, 3.63) is 0 Å². The summed E-state index contributed by atoms with van der Waals surface area (Å²) < 4.78 is 0. The van der Waals surface area contributed by atoms with Crippen LogP contribution in [0, 0.1) is 0 Å². The second-order valence-electron chi connectivity index (χ2n) is 6.73. The summed E-state index contributed by atoms with van der Waals surface area (Å²) >= 11 is 0. The maximum atomic E-state index is 2.76. The Balaban J connectivity index is 3.67. The molecule has 21 heavy (non-hydrogen) atoms. The maximum absolute atomic E-state index is 2.76. The minimum atomic E-state index is 1.35. The lowest BCUT2D eigenvalue weighted by molar-refractivity contribution is 0.254. The minimum absolute atomic E-state index is 1.35. The molecule has 0 heterocycles. The van der Waals surface area contributed by atoms with Gasteiger partial charge in [-0.2, -0.15) is 0 Å². The Morgan fingerprint density at radius 2 is 0.667 bits per heavy atom. The van der Waals surface area contributed by atoms with Crippen molar-refractivity contribution in [3.63, 3.8) is 0 Å². The van der Waals surface area contributed by atoms with Crippen molar-refractivity contribution in [1.29, 1.82) is 0 Å². The van der Waals surface area contributed by atoms with E-state index in [2.05, 4.69) is 25.7 Å². The van der Waals surface area contributed by atoms with Gasteiger partial charge in [-0.05, 0) is 38.9 Å². The average molecular weight is 298 g/mol. The van der Waals surface area contributed by atoms with Crippen LogP contribution in [0.2, 0.25) is 0 Å². The van der Waals surface area contributed by atoms with E-state index in [9.17, 15) is 0 Å². The molecule has 0 N–H and O–H groups in total. The first-order chi connectivity index (χ1) is 10.3. The Morgan fingerprint density at radius 3 is 1.05 bits per heavy atom. The second-order valence-corrected chi connectivity index (χ2v) is 6.73. The third-order valence-corrected chi connectivity index (χ3v) is 4.48. The number of hydrogen-bond acceptors (Lipinski definition) is 1. The summed E-state index contributed by atoms with van der Waals surface area (Å²) in [6.45, 7) is 11.0. The predicted octanol–water partition coefficient (Wildman–Crippen LogP) is 6.81. The zero-order valence-electron chi connectivity index (χ0n) is 15.5. The molecule has 0 fully saturated rings. The van der Waals surface area contributed by atoms with E-state index < -0.39 is 0 Å². The van der Waals surface area contributed by atoms with Gasteiger partial charge in [-0.3, -0.25) is 0 Å². The molecule has 0 aromatic heterocycles. The fourth-order valence-corrected chi connectivity index (χ4v) is 2.98. The highest BCUT2D eigenvalue weighted by Gasteiger charge is 2.04. The van der Waals surface area contributed by atoms with Crippen molar-refractivity contribution in [2.24, 2.45) is 0 Å². The lowest BCUT2D eigenvalue weighted by Crippen LogP contribution is -2.27. The normalized spacial score (nSPS) is 11.4. The Bertz CT molecular complexity index is 167. The van der Waals surface area contributed by atoms with E-state index in [-0.39, 0.29) is 0 Å². The molecule has 1 heteroatoms. The molecule has 0 spiro atoms. The van der Waals surface area contributed by atoms with E-state index in [1.807, 2.05) is 0 Å². The van der Waals surface area contributed by atoms with Gasteiger partial charge in [0, 0.05) is 0 Å². The third-order valence-electron chi connectivity index (χ3n) is 4.48. The van der Waals surface area contributed by atoms with Crippen molar-refractivity contribution in [1.82, 2.24) is 4.90 Å². The van der Waals surface area contributed by atoms with E-state index in [1.165, 1.54) is 110 Å². The molecule has 0 saturated heterocycles. The Kier molecular flexibility index (Phi) is 18.0. The van der Waals surface area contributed by atoms with Gasteiger partial charge >= 0.3 is 0 Å². The SMILES string of the molecule is CCCCCCCCN(CCCCCC)CCCCCC. The van der Waals surface area contributed by atoms with Crippen LogP contribution in [0.15, 0.2) is 0 Å². The number of unbranched alkanes of at least 4 members (excludes halogenated alkanes) is 11. The molecule has 0 atom stereocenters. The van der Waals surface area contributed by atoms with Crippen molar-refractivity contribution in [3.8, 4) is 0 Å². The Morgan fingerprint density at radius 1 is 0.381 bits per heavy atom. The van der Waals surface area contributed by atoms with E-state index in [0.29, 0.717) is 0 Å². The first-order valence-electron chi connectivity index (χ1n) is 10.1. The number of hydrogen-bond donors (Lipinski definition) is 0. The highest BCUT2D eigenvalue weighted by molar-refractivity contribution is 4.60. The highest BCUT2D eigenvalue weighted by atomic mass is 15.1. The van der Waals surface area contributed by atoms with Gasteiger partial charge in [0.15, 0.2) is 0 Å². The van der Waals surface area contributed by atoms with Crippen LogP contribution >= 0.6 is 0 Å². The summed E-state index contributed by atoms with van der Waals surface area (Å²) in [6.07, 6.45) is 19.8. The summed E-state index contributed by atoms with van der Waals surface area (Å²) in [6, 6.07) is 0. The molecule has 0 bridgehead atoms. The summed E-state index contributed by atoms with van der Waals surface area (Å²) in [5, 5.41) is 0. The van der Waals surface area contributed by atoms with Gasteiger partial charge in [0.2, 0.25) is 0 Å². The molecule has 0 rings (SSSR count). The molecule has 0 aliphatic carbocycles. The van der Waals surface area contributed by atoms with Gasteiger partial charge in [-0.15, -0.1) is 0 Å². The van der Waals surface area contributed by atoms with Gasteiger partial charge in [0.05, 0.1) is 0 Å². The molecular weight excluding hydrogens is 254 g/mol. The van der Waals surface area contributed by atoms with Crippen molar-refractivity contribution < 1.29 is 0 Å². The van der Waals surface area contributed by atoms with Gasteiger partial charge < -0.3 is 4.90 Å². The maximum Gasteiger partial charge on any atom is -0.00187 e. The predicted molar refractivity (Wildman–Crippen MR) is 98.1 cm³/mol. The van der Waals surface area contributed by atoms with Crippen molar-refractivity contribution in [2.75, 3.05) is 19.6 Å². The molecule has 128 valence electrons. The molecule has 0 aliphatic heterocycles. The molecule has 0 amide bonds. The van der Waals surface area contributed by atoms with E-state index >= 15 is 0 Å². The number of rotatable bonds is 17. The van der Waals surface area contributed by atoms with Crippen LogP contribution in [0.4, 0.5) is 0 Å². The van der Waals surface area contributed by atoms with Crippen LogP contribution in [0.25, 0.3) is 0 Å². The second kappa shape index (κ2) is 18.0. The topological polar surface area (TPSA) is 3.24 Å². The van der Waals surface area contributed by atoms with Crippen LogP contribution in [0.5, 0.6) is 0 Å². The summed E-state index contributed by atoms with van der Waals surface area (Å²) in [5.74, 6) is 0. The summed E-state index contributed by atoms with van der Waals surface area (Å²) in [5.41, 5.74) is 0. The fraction of sp³-hybridized carbons (Fsp3) is 1.00. The Labute approximate surface area is 135 Å². The minimum Gasteiger partial charge on any atom is -0.303 e. The number of nitrogens with zero attached hydrogens (tertiary/aromatic N) is 1. The van der Waals surface area contributed by atoms with Gasteiger partial charge in [0.25, 0.3) is 0 Å². The molecule has 0 unspecified atom stereocenters. The zero-order valence-corrected chi connectivity index (χ0v) is 15.5. The Hall–Kier alpha value is -0.0400.